The molecule has 0 aliphatic heterocycles. The Hall–Kier alpha value is -1.38. The van der Waals surface area contributed by atoms with Crippen molar-refractivity contribution in [3.63, 3.8) is 0 Å². The van der Waals surface area contributed by atoms with Gasteiger partial charge in [-0.3, -0.25) is 5.01 Å². The van der Waals surface area contributed by atoms with Crippen molar-refractivity contribution < 1.29 is 4.52 Å². The fraction of sp³-hybridized carbons (Fsp3) is 0.250. The zero-order valence-electron chi connectivity index (χ0n) is 6.61. The second-order valence-electron chi connectivity index (χ2n) is 2.68. The van der Waals surface area contributed by atoms with Gasteiger partial charge in [-0.25, -0.2) is 0 Å². The van der Waals surface area contributed by atoms with Crippen LogP contribution >= 0.6 is 0 Å². The molecule has 0 N–H and O–H groups in total. The van der Waals surface area contributed by atoms with Crippen molar-refractivity contribution in [2.75, 3.05) is 19.1 Å². The van der Waals surface area contributed by atoms with Gasteiger partial charge in [0.05, 0.1) is 0 Å². The first-order valence-corrected chi connectivity index (χ1v) is 3.53. The van der Waals surface area contributed by atoms with Gasteiger partial charge in [-0.05, 0) is 12.1 Å². The van der Waals surface area contributed by atoms with Crippen LogP contribution in [0.25, 0.3) is 11.1 Å². The molecule has 0 fully saturated rings. The van der Waals surface area contributed by atoms with E-state index in [4.69, 9.17) is 4.52 Å². The molecule has 0 bridgehead atoms. The van der Waals surface area contributed by atoms with Crippen molar-refractivity contribution in [2.24, 2.45) is 0 Å². The fourth-order valence-electron chi connectivity index (χ4n) is 1.09. The van der Waals surface area contributed by atoms with Gasteiger partial charge in [0, 0.05) is 14.1 Å². The quantitative estimate of drug-likeness (QED) is 0.613. The Balaban J connectivity index is 2.54. The summed E-state index contributed by atoms with van der Waals surface area (Å²) in [5.41, 5.74) is 2.07. The first kappa shape index (κ1) is 6.34. The van der Waals surface area contributed by atoms with E-state index >= 15 is 0 Å². The van der Waals surface area contributed by atoms with E-state index in [0.717, 1.165) is 11.1 Å². The molecule has 0 radical (unpaired) electrons. The summed E-state index contributed by atoms with van der Waals surface area (Å²) >= 11 is 0. The van der Waals surface area contributed by atoms with E-state index in [1.807, 2.05) is 43.4 Å². The second-order valence-corrected chi connectivity index (χ2v) is 2.68. The van der Waals surface area contributed by atoms with Crippen molar-refractivity contribution in [1.29, 1.82) is 0 Å². The molecular weight excluding hydrogens is 140 g/mol. The van der Waals surface area contributed by atoms with Crippen molar-refractivity contribution >= 4 is 11.1 Å². The summed E-state index contributed by atoms with van der Waals surface area (Å²) in [7, 11) is 3.88. The largest absolute Gasteiger partial charge is 0.357 e. The lowest BCUT2D eigenvalue weighted by Crippen LogP contribution is -2.27. The SMILES string of the molecule is CN(C)n1oc2ccccc21. The van der Waals surface area contributed by atoms with E-state index in [1.54, 1.807) is 4.85 Å². The molecule has 58 valence electrons. The zero-order chi connectivity index (χ0) is 7.84. The molecule has 1 aromatic carbocycles. The summed E-state index contributed by atoms with van der Waals surface area (Å²) in [4.78, 5) is 1.75. The van der Waals surface area contributed by atoms with Crippen molar-refractivity contribution in [2.45, 2.75) is 0 Å². The van der Waals surface area contributed by atoms with E-state index in [1.165, 1.54) is 0 Å². The Morgan fingerprint density at radius 3 is 2.64 bits per heavy atom. The molecule has 0 saturated heterocycles. The molecule has 11 heavy (non-hydrogen) atoms. The number of hydrogen-bond donors (Lipinski definition) is 0. The molecule has 0 aliphatic carbocycles. The normalized spacial score (nSPS) is 10.7. The molecule has 0 aliphatic rings. The lowest BCUT2D eigenvalue weighted by atomic mass is 10.3. The van der Waals surface area contributed by atoms with Crippen LogP contribution in [0.15, 0.2) is 28.8 Å². The van der Waals surface area contributed by atoms with Crippen molar-refractivity contribution in [3.8, 4) is 0 Å². The highest BCUT2D eigenvalue weighted by atomic mass is 16.5. The van der Waals surface area contributed by atoms with Gasteiger partial charge >= 0.3 is 0 Å². The van der Waals surface area contributed by atoms with Crippen molar-refractivity contribution in [1.82, 2.24) is 4.85 Å². The van der Waals surface area contributed by atoms with Gasteiger partial charge in [-0.1, -0.05) is 12.1 Å². The lowest BCUT2D eigenvalue weighted by molar-refractivity contribution is 0.274. The molecule has 3 nitrogen and oxygen atoms in total. The Morgan fingerprint density at radius 1 is 1.27 bits per heavy atom. The van der Waals surface area contributed by atoms with Crippen LogP contribution in [0.4, 0.5) is 0 Å². The first-order valence-electron chi connectivity index (χ1n) is 3.53. The second kappa shape index (κ2) is 2.05. The summed E-state index contributed by atoms with van der Waals surface area (Å²) < 4.78 is 5.31. The molecule has 0 unspecified atom stereocenters. The van der Waals surface area contributed by atoms with Crippen LogP contribution in [0, 0.1) is 0 Å². The van der Waals surface area contributed by atoms with Crippen LogP contribution in [-0.4, -0.2) is 18.9 Å². The van der Waals surface area contributed by atoms with E-state index in [9.17, 15) is 0 Å². The maximum Gasteiger partial charge on any atom is 0.186 e. The third-order valence-corrected chi connectivity index (χ3v) is 1.62. The average Bonchev–Trinajstić information content (AvgIpc) is 1.90. The summed E-state index contributed by atoms with van der Waals surface area (Å²) in [6.07, 6.45) is 0. The smallest absolute Gasteiger partial charge is 0.186 e. The lowest BCUT2D eigenvalue weighted by Gasteiger charge is -2.20. The first-order chi connectivity index (χ1) is 5.29. The number of nitrogens with zero attached hydrogens (tertiary/aromatic N) is 2. The number of benzene rings is 1. The third-order valence-electron chi connectivity index (χ3n) is 1.62. The minimum Gasteiger partial charge on any atom is -0.357 e. The van der Waals surface area contributed by atoms with E-state index < -0.39 is 0 Å². The molecule has 0 amide bonds. The Bertz CT molecular complexity index is 359. The highest BCUT2D eigenvalue weighted by Gasteiger charge is 2.07. The minimum absolute atomic E-state index is 0.946. The van der Waals surface area contributed by atoms with Gasteiger partial charge in [0.15, 0.2) is 5.58 Å². The molecule has 0 atom stereocenters. The van der Waals surface area contributed by atoms with E-state index in [2.05, 4.69) is 0 Å². The van der Waals surface area contributed by atoms with E-state index in [-0.39, 0.29) is 0 Å². The van der Waals surface area contributed by atoms with Gasteiger partial charge in [0.25, 0.3) is 0 Å². The molecular formula is C8H10N2O. The standard InChI is InChI=1S/C8H10N2O/c1-9(2)10-7-5-3-4-6-8(7)11-10/h3-6H,1-2H3. The van der Waals surface area contributed by atoms with Crippen LogP contribution in [0.1, 0.15) is 0 Å². The molecule has 1 aromatic heterocycles. The number of hydrogen-bond acceptors (Lipinski definition) is 2. The summed E-state index contributed by atoms with van der Waals surface area (Å²) in [5, 5.41) is 1.89. The number of para-hydroxylation sites is 2. The third kappa shape index (κ3) is 0.808. The van der Waals surface area contributed by atoms with Gasteiger partial charge in [0.1, 0.15) is 5.52 Å². The van der Waals surface area contributed by atoms with Gasteiger partial charge in [0.2, 0.25) is 0 Å². The molecule has 0 saturated carbocycles. The fourth-order valence-corrected chi connectivity index (χ4v) is 1.09. The van der Waals surface area contributed by atoms with Crippen LogP contribution in [0.2, 0.25) is 0 Å². The molecule has 2 rings (SSSR count). The predicted molar refractivity (Wildman–Crippen MR) is 44.3 cm³/mol. The summed E-state index contributed by atoms with van der Waals surface area (Å²) in [5.74, 6) is 0. The Kier molecular flexibility index (Phi) is 1.18. The predicted octanol–water partition coefficient (Wildman–Crippen LogP) is 1.43. The maximum absolute atomic E-state index is 5.31. The van der Waals surface area contributed by atoms with Gasteiger partial charge in [-0.2, -0.15) is 0 Å². The average molecular weight is 150 g/mol. The topological polar surface area (TPSA) is 21.3 Å². The number of rotatable bonds is 1. The van der Waals surface area contributed by atoms with Crippen LogP contribution in [-0.2, 0) is 0 Å². The highest BCUT2D eigenvalue weighted by Crippen LogP contribution is 2.16. The molecule has 3 heteroatoms. The summed E-state index contributed by atoms with van der Waals surface area (Å²) in [6.45, 7) is 0. The summed E-state index contributed by atoms with van der Waals surface area (Å²) in [6, 6.07) is 7.94. The van der Waals surface area contributed by atoms with Crippen LogP contribution in [0.3, 0.4) is 0 Å². The number of aromatic nitrogens is 1. The number of fused-ring (bicyclic) bond motifs is 1. The zero-order valence-corrected chi connectivity index (χ0v) is 6.61. The van der Waals surface area contributed by atoms with Crippen molar-refractivity contribution in [3.05, 3.63) is 24.3 Å². The minimum atomic E-state index is 0.946. The van der Waals surface area contributed by atoms with Gasteiger partial charge in [-0.15, -0.1) is 4.85 Å². The Morgan fingerprint density at radius 2 is 2.00 bits per heavy atom. The van der Waals surface area contributed by atoms with Crippen LogP contribution in [0.5, 0.6) is 0 Å². The highest BCUT2D eigenvalue weighted by molar-refractivity contribution is 5.74. The molecule has 2 aromatic rings. The Labute approximate surface area is 64.7 Å². The molecule has 1 heterocycles. The van der Waals surface area contributed by atoms with E-state index in [0.29, 0.717) is 0 Å². The monoisotopic (exact) mass is 150 g/mol. The maximum atomic E-state index is 5.31. The van der Waals surface area contributed by atoms with Crippen LogP contribution < -0.4 is 5.01 Å². The molecule has 0 spiro atoms. The van der Waals surface area contributed by atoms with Gasteiger partial charge < -0.3 is 4.52 Å².